The third-order valence-corrected chi connectivity index (χ3v) is 4.91. The van der Waals surface area contributed by atoms with Gasteiger partial charge in [0.1, 0.15) is 0 Å². The van der Waals surface area contributed by atoms with Gasteiger partial charge in [0, 0.05) is 18.5 Å². The summed E-state index contributed by atoms with van der Waals surface area (Å²) < 4.78 is 5.28. The van der Waals surface area contributed by atoms with Gasteiger partial charge in [-0.05, 0) is 31.2 Å². The standard InChI is InChI=1S/C17H17N5OS/c1-2-20-14-8-4-3-7-13(14)18-16(20)24-12-11-22-17(23)21-10-6-5-9-15(21)19-22/h3-10H,2,11-12H2,1H3. The average molecular weight is 339 g/mol. The summed E-state index contributed by atoms with van der Waals surface area (Å²) >= 11 is 1.65. The van der Waals surface area contributed by atoms with E-state index in [2.05, 4.69) is 22.7 Å². The fourth-order valence-electron chi connectivity index (χ4n) is 2.81. The van der Waals surface area contributed by atoms with Gasteiger partial charge in [0.05, 0.1) is 17.6 Å². The molecule has 0 bridgehead atoms. The average Bonchev–Trinajstić information content (AvgIpc) is 3.13. The third-order valence-electron chi connectivity index (χ3n) is 3.96. The monoisotopic (exact) mass is 339 g/mol. The molecular weight excluding hydrogens is 322 g/mol. The molecule has 0 aliphatic rings. The summed E-state index contributed by atoms with van der Waals surface area (Å²) in [6.07, 6.45) is 1.74. The Balaban J connectivity index is 1.55. The lowest BCUT2D eigenvalue weighted by molar-refractivity contribution is 0.637. The number of rotatable bonds is 5. The van der Waals surface area contributed by atoms with E-state index >= 15 is 0 Å². The highest BCUT2D eigenvalue weighted by Crippen LogP contribution is 2.23. The molecule has 6 nitrogen and oxygen atoms in total. The predicted molar refractivity (Wildman–Crippen MR) is 95.6 cm³/mol. The van der Waals surface area contributed by atoms with Crippen molar-refractivity contribution in [1.82, 2.24) is 23.7 Å². The zero-order valence-electron chi connectivity index (χ0n) is 13.3. The highest BCUT2D eigenvalue weighted by molar-refractivity contribution is 7.99. The second-order valence-electron chi connectivity index (χ2n) is 5.41. The molecule has 0 fully saturated rings. The smallest absolute Gasteiger partial charge is 0.319 e. The Bertz CT molecular complexity index is 1060. The van der Waals surface area contributed by atoms with Gasteiger partial charge in [-0.25, -0.2) is 14.5 Å². The molecule has 4 aromatic rings. The molecule has 0 saturated carbocycles. The number of benzene rings is 1. The number of pyridine rings is 1. The van der Waals surface area contributed by atoms with Crippen LogP contribution in [0.3, 0.4) is 0 Å². The summed E-state index contributed by atoms with van der Waals surface area (Å²) in [7, 11) is 0. The van der Waals surface area contributed by atoms with Crippen LogP contribution >= 0.6 is 11.8 Å². The van der Waals surface area contributed by atoms with Crippen molar-refractivity contribution in [2.24, 2.45) is 0 Å². The number of hydrogen-bond acceptors (Lipinski definition) is 4. The first-order chi connectivity index (χ1) is 11.8. The SMILES string of the molecule is CCn1c(SCCn2nc3ccccn3c2=O)nc2ccccc21. The molecule has 0 unspecified atom stereocenters. The van der Waals surface area contributed by atoms with E-state index in [0.717, 1.165) is 28.5 Å². The topological polar surface area (TPSA) is 57.1 Å². The maximum Gasteiger partial charge on any atom is 0.350 e. The van der Waals surface area contributed by atoms with Gasteiger partial charge in [0.25, 0.3) is 0 Å². The quantitative estimate of drug-likeness (QED) is 0.525. The van der Waals surface area contributed by atoms with Crippen LogP contribution in [0.1, 0.15) is 6.92 Å². The van der Waals surface area contributed by atoms with Crippen LogP contribution in [-0.4, -0.2) is 29.5 Å². The minimum absolute atomic E-state index is 0.102. The van der Waals surface area contributed by atoms with Gasteiger partial charge in [0.2, 0.25) is 0 Å². The van der Waals surface area contributed by atoms with Crippen LogP contribution < -0.4 is 5.69 Å². The van der Waals surface area contributed by atoms with Crippen molar-refractivity contribution < 1.29 is 0 Å². The van der Waals surface area contributed by atoms with Crippen molar-refractivity contribution in [3.63, 3.8) is 0 Å². The number of fused-ring (bicyclic) bond motifs is 2. The van der Waals surface area contributed by atoms with Gasteiger partial charge in [-0.2, -0.15) is 0 Å². The lowest BCUT2D eigenvalue weighted by Crippen LogP contribution is -2.22. The number of hydrogen-bond donors (Lipinski definition) is 0. The molecule has 0 saturated heterocycles. The van der Waals surface area contributed by atoms with Gasteiger partial charge < -0.3 is 4.57 Å². The lowest BCUT2D eigenvalue weighted by Gasteiger charge is -2.05. The van der Waals surface area contributed by atoms with Crippen LogP contribution in [0, 0.1) is 0 Å². The maximum atomic E-state index is 12.3. The second-order valence-corrected chi connectivity index (χ2v) is 6.47. The minimum Gasteiger partial charge on any atom is -0.319 e. The molecule has 7 heteroatoms. The predicted octanol–water partition coefficient (Wildman–Crippen LogP) is 2.66. The van der Waals surface area contributed by atoms with Crippen molar-refractivity contribution in [1.29, 1.82) is 0 Å². The van der Waals surface area contributed by atoms with Crippen LogP contribution in [0.2, 0.25) is 0 Å². The number of imidazole rings is 1. The zero-order valence-corrected chi connectivity index (χ0v) is 14.1. The summed E-state index contributed by atoms with van der Waals surface area (Å²) in [5.74, 6) is 0.743. The van der Waals surface area contributed by atoms with Gasteiger partial charge in [-0.15, -0.1) is 5.10 Å². The van der Waals surface area contributed by atoms with Gasteiger partial charge in [-0.1, -0.05) is 30.0 Å². The number of para-hydroxylation sites is 2. The van der Waals surface area contributed by atoms with Crippen molar-refractivity contribution in [2.45, 2.75) is 25.2 Å². The number of thioether (sulfide) groups is 1. The molecule has 0 aliphatic heterocycles. The fourth-order valence-corrected chi connectivity index (χ4v) is 3.80. The first-order valence-corrected chi connectivity index (χ1v) is 8.89. The summed E-state index contributed by atoms with van der Waals surface area (Å²) in [5, 5.41) is 5.34. The van der Waals surface area contributed by atoms with Gasteiger partial charge in [0.15, 0.2) is 10.8 Å². The lowest BCUT2D eigenvalue weighted by atomic mass is 10.3. The Hall–Kier alpha value is -2.54. The van der Waals surface area contributed by atoms with E-state index in [-0.39, 0.29) is 5.69 Å². The van der Waals surface area contributed by atoms with Crippen molar-refractivity contribution in [3.05, 3.63) is 59.1 Å². The summed E-state index contributed by atoms with van der Waals surface area (Å²) in [4.78, 5) is 17.0. The fraction of sp³-hybridized carbons (Fsp3) is 0.235. The van der Waals surface area contributed by atoms with Gasteiger partial charge in [-0.3, -0.25) is 4.40 Å². The summed E-state index contributed by atoms with van der Waals surface area (Å²) in [6, 6.07) is 13.7. The van der Waals surface area contributed by atoms with E-state index in [4.69, 9.17) is 4.98 Å². The van der Waals surface area contributed by atoms with E-state index in [9.17, 15) is 4.79 Å². The van der Waals surface area contributed by atoms with E-state index in [1.165, 1.54) is 4.68 Å². The third kappa shape index (κ3) is 2.50. The van der Waals surface area contributed by atoms with Crippen molar-refractivity contribution in [3.8, 4) is 0 Å². The summed E-state index contributed by atoms with van der Waals surface area (Å²) in [6.45, 7) is 3.54. The molecule has 0 aliphatic carbocycles. The van der Waals surface area contributed by atoms with Crippen molar-refractivity contribution in [2.75, 3.05) is 5.75 Å². The molecule has 0 radical (unpaired) electrons. The highest BCUT2D eigenvalue weighted by Gasteiger charge is 2.10. The summed E-state index contributed by atoms with van der Waals surface area (Å²) in [5.41, 5.74) is 2.72. The molecule has 24 heavy (non-hydrogen) atoms. The van der Waals surface area contributed by atoms with Crippen LogP contribution in [0.15, 0.2) is 58.6 Å². The molecule has 122 valence electrons. The first kappa shape index (κ1) is 15.0. The van der Waals surface area contributed by atoms with E-state index in [1.807, 2.05) is 36.4 Å². The number of nitrogens with zero attached hydrogens (tertiary/aromatic N) is 5. The molecule has 0 atom stereocenters. The minimum atomic E-state index is -0.102. The molecule has 3 heterocycles. The van der Waals surface area contributed by atoms with E-state index in [1.54, 1.807) is 22.4 Å². The van der Waals surface area contributed by atoms with Crippen LogP contribution in [0.25, 0.3) is 16.7 Å². The number of aromatic nitrogens is 5. The Morgan fingerprint density at radius 3 is 2.79 bits per heavy atom. The van der Waals surface area contributed by atoms with Gasteiger partial charge >= 0.3 is 5.69 Å². The largest absolute Gasteiger partial charge is 0.350 e. The molecule has 0 amide bonds. The normalized spacial score (nSPS) is 11.5. The molecule has 0 N–H and O–H groups in total. The highest BCUT2D eigenvalue weighted by atomic mass is 32.2. The van der Waals surface area contributed by atoms with Crippen LogP contribution in [0.5, 0.6) is 0 Å². The Morgan fingerprint density at radius 2 is 1.96 bits per heavy atom. The van der Waals surface area contributed by atoms with Crippen molar-refractivity contribution >= 4 is 28.4 Å². The Kier molecular flexibility index (Phi) is 3.86. The first-order valence-electron chi connectivity index (χ1n) is 7.90. The van der Waals surface area contributed by atoms with Crippen LogP contribution in [0.4, 0.5) is 0 Å². The molecular formula is C17H17N5OS. The molecule has 1 aromatic carbocycles. The molecule has 3 aromatic heterocycles. The maximum absolute atomic E-state index is 12.3. The van der Waals surface area contributed by atoms with E-state index < -0.39 is 0 Å². The molecule has 4 rings (SSSR count). The Labute approximate surface area is 142 Å². The van der Waals surface area contributed by atoms with Crippen LogP contribution in [-0.2, 0) is 13.1 Å². The molecule has 0 spiro atoms. The second kappa shape index (κ2) is 6.16. The number of aryl methyl sites for hydroxylation is 2. The Morgan fingerprint density at radius 1 is 1.12 bits per heavy atom. The zero-order chi connectivity index (χ0) is 16.5. The van der Waals surface area contributed by atoms with E-state index in [0.29, 0.717) is 12.2 Å².